The van der Waals surface area contributed by atoms with Gasteiger partial charge in [0, 0.05) is 6.54 Å². The molecule has 6 heteroatoms. The van der Waals surface area contributed by atoms with Crippen molar-refractivity contribution in [2.24, 2.45) is 11.8 Å². The van der Waals surface area contributed by atoms with Gasteiger partial charge >= 0.3 is 5.97 Å². The SMILES string of the molecule is CCOC(=O)C(C)CCCC1CCN(CCOC(c2ccc(F)cc2)c2ccc(F)cc2)CC1. The van der Waals surface area contributed by atoms with Crippen LogP contribution in [0, 0.1) is 23.5 Å². The molecule has 1 unspecified atom stereocenters. The van der Waals surface area contributed by atoms with E-state index in [4.69, 9.17) is 9.47 Å². The lowest BCUT2D eigenvalue weighted by molar-refractivity contribution is -0.147. The van der Waals surface area contributed by atoms with Gasteiger partial charge in [0.1, 0.15) is 17.7 Å². The maximum absolute atomic E-state index is 13.4. The van der Waals surface area contributed by atoms with Crippen molar-refractivity contribution in [3.8, 4) is 0 Å². The van der Waals surface area contributed by atoms with Gasteiger partial charge in [-0.2, -0.15) is 0 Å². The maximum atomic E-state index is 13.4. The predicted octanol–water partition coefficient (Wildman–Crippen LogP) is 6.15. The Morgan fingerprint density at radius 3 is 2.09 bits per heavy atom. The first-order valence-corrected chi connectivity index (χ1v) is 12.5. The number of esters is 1. The fraction of sp³-hybridized carbons (Fsp3) is 0.536. The topological polar surface area (TPSA) is 38.8 Å². The molecule has 34 heavy (non-hydrogen) atoms. The van der Waals surface area contributed by atoms with Gasteiger partial charge in [0.05, 0.1) is 19.1 Å². The molecular weight excluding hydrogens is 436 g/mol. The van der Waals surface area contributed by atoms with Gasteiger partial charge in [-0.05, 0) is 80.6 Å². The number of hydrogen-bond donors (Lipinski definition) is 0. The minimum Gasteiger partial charge on any atom is -0.466 e. The van der Waals surface area contributed by atoms with Crippen LogP contribution < -0.4 is 0 Å². The summed E-state index contributed by atoms with van der Waals surface area (Å²) >= 11 is 0. The Kier molecular flexibility index (Phi) is 10.5. The molecule has 4 nitrogen and oxygen atoms in total. The third kappa shape index (κ3) is 8.17. The molecule has 3 rings (SSSR count). The molecule has 1 aliphatic rings. The molecule has 1 heterocycles. The summed E-state index contributed by atoms with van der Waals surface area (Å²) in [7, 11) is 0. The molecule has 0 aromatic heterocycles. The van der Waals surface area contributed by atoms with Crippen molar-refractivity contribution < 1.29 is 23.0 Å². The highest BCUT2D eigenvalue weighted by Gasteiger charge is 2.21. The maximum Gasteiger partial charge on any atom is 0.308 e. The quantitative estimate of drug-likeness (QED) is 0.347. The van der Waals surface area contributed by atoms with Crippen molar-refractivity contribution in [2.45, 2.75) is 52.1 Å². The molecule has 1 atom stereocenters. The van der Waals surface area contributed by atoms with Crippen LogP contribution >= 0.6 is 0 Å². The second-order valence-corrected chi connectivity index (χ2v) is 9.22. The summed E-state index contributed by atoms with van der Waals surface area (Å²) < 4.78 is 38.1. The second-order valence-electron chi connectivity index (χ2n) is 9.22. The summed E-state index contributed by atoms with van der Waals surface area (Å²) in [4.78, 5) is 14.2. The van der Waals surface area contributed by atoms with Crippen molar-refractivity contribution in [1.82, 2.24) is 4.90 Å². The van der Waals surface area contributed by atoms with E-state index >= 15 is 0 Å². The van der Waals surface area contributed by atoms with Crippen LogP contribution in [-0.4, -0.2) is 43.7 Å². The highest BCUT2D eigenvalue weighted by molar-refractivity contribution is 5.71. The van der Waals surface area contributed by atoms with Crippen LogP contribution in [0.1, 0.15) is 63.2 Å². The van der Waals surface area contributed by atoms with Gasteiger partial charge in [0.15, 0.2) is 0 Å². The highest BCUT2D eigenvalue weighted by Crippen LogP contribution is 2.27. The fourth-order valence-corrected chi connectivity index (χ4v) is 4.57. The molecule has 2 aromatic rings. The van der Waals surface area contributed by atoms with E-state index < -0.39 is 0 Å². The first-order chi connectivity index (χ1) is 16.5. The van der Waals surface area contributed by atoms with E-state index in [1.165, 1.54) is 24.3 Å². The summed E-state index contributed by atoms with van der Waals surface area (Å²) in [6.45, 7) is 7.69. The van der Waals surface area contributed by atoms with Gasteiger partial charge in [0.2, 0.25) is 0 Å². The molecule has 0 bridgehead atoms. The number of hydrogen-bond acceptors (Lipinski definition) is 4. The third-order valence-electron chi connectivity index (χ3n) is 6.68. The Hall–Kier alpha value is -2.31. The predicted molar refractivity (Wildman–Crippen MR) is 129 cm³/mol. The molecule has 0 spiro atoms. The zero-order valence-electron chi connectivity index (χ0n) is 20.3. The largest absolute Gasteiger partial charge is 0.466 e. The molecule has 0 aliphatic carbocycles. The van der Waals surface area contributed by atoms with E-state index in [0.717, 1.165) is 62.9 Å². The molecule has 0 saturated carbocycles. The first kappa shape index (κ1) is 26.3. The number of nitrogens with zero attached hydrogens (tertiary/aromatic N) is 1. The average molecular weight is 474 g/mol. The number of benzene rings is 2. The minimum absolute atomic E-state index is 0.0210. The lowest BCUT2D eigenvalue weighted by Crippen LogP contribution is -2.36. The van der Waals surface area contributed by atoms with Gasteiger partial charge < -0.3 is 14.4 Å². The summed E-state index contributed by atoms with van der Waals surface area (Å²) in [6.07, 6.45) is 5.07. The highest BCUT2D eigenvalue weighted by atomic mass is 19.1. The van der Waals surface area contributed by atoms with E-state index in [9.17, 15) is 13.6 Å². The molecule has 1 aliphatic heterocycles. The van der Waals surface area contributed by atoms with Crippen molar-refractivity contribution in [1.29, 1.82) is 0 Å². The van der Waals surface area contributed by atoms with E-state index in [2.05, 4.69) is 4.90 Å². The van der Waals surface area contributed by atoms with E-state index in [1.54, 1.807) is 24.3 Å². The Morgan fingerprint density at radius 1 is 1.00 bits per heavy atom. The van der Waals surface area contributed by atoms with Gasteiger partial charge in [0.25, 0.3) is 0 Å². The Balaban J connectivity index is 1.42. The normalized spacial score (nSPS) is 16.0. The molecule has 0 amide bonds. The van der Waals surface area contributed by atoms with E-state index in [0.29, 0.717) is 19.1 Å². The second kappa shape index (κ2) is 13.5. The lowest BCUT2D eigenvalue weighted by atomic mass is 9.90. The van der Waals surface area contributed by atoms with Crippen LogP contribution in [0.3, 0.4) is 0 Å². The fourth-order valence-electron chi connectivity index (χ4n) is 4.57. The van der Waals surface area contributed by atoms with Crippen molar-refractivity contribution in [3.63, 3.8) is 0 Å². The Labute approximate surface area is 202 Å². The van der Waals surface area contributed by atoms with Gasteiger partial charge in [-0.15, -0.1) is 0 Å². The smallest absolute Gasteiger partial charge is 0.308 e. The van der Waals surface area contributed by atoms with Crippen LogP contribution in [0.5, 0.6) is 0 Å². The van der Waals surface area contributed by atoms with Crippen LogP contribution in [0.25, 0.3) is 0 Å². The van der Waals surface area contributed by atoms with Gasteiger partial charge in [-0.1, -0.05) is 44.0 Å². The molecule has 0 radical (unpaired) electrons. The Morgan fingerprint density at radius 2 is 1.56 bits per heavy atom. The summed E-state index contributed by atoms with van der Waals surface area (Å²) in [5.74, 6) is 0.0154. The summed E-state index contributed by atoms with van der Waals surface area (Å²) in [5.41, 5.74) is 1.70. The number of ether oxygens (including phenoxy) is 2. The number of rotatable bonds is 12. The molecule has 0 N–H and O–H groups in total. The van der Waals surface area contributed by atoms with E-state index in [-0.39, 0.29) is 29.6 Å². The molecule has 186 valence electrons. The van der Waals surface area contributed by atoms with Gasteiger partial charge in [-0.25, -0.2) is 8.78 Å². The number of piperidine rings is 1. The molecule has 2 aromatic carbocycles. The van der Waals surface area contributed by atoms with Crippen LogP contribution in [0.15, 0.2) is 48.5 Å². The molecule has 1 fully saturated rings. The third-order valence-corrected chi connectivity index (χ3v) is 6.68. The summed E-state index contributed by atoms with van der Waals surface area (Å²) in [5, 5.41) is 0. The van der Waals surface area contributed by atoms with E-state index in [1.807, 2.05) is 13.8 Å². The number of likely N-dealkylation sites (tertiary alicyclic amines) is 1. The van der Waals surface area contributed by atoms with Crippen molar-refractivity contribution in [2.75, 3.05) is 32.8 Å². The van der Waals surface area contributed by atoms with Crippen molar-refractivity contribution in [3.05, 3.63) is 71.3 Å². The standard InChI is InChI=1S/C28H37F2NO3/c1-3-33-28(32)21(2)5-4-6-22-15-17-31(18-16-22)19-20-34-27(23-7-11-25(29)12-8-23)24-9-13-26(30)14-10-24/h7-14,21-22,27H,3-6,15-20H2,1-2H3. The van der Waals surface area contributed by atoms with Crippen LogP contribution in [-0.2, 0) is 14.3 Å². The first-order valence-electron chi connectivity index (χ1n) is 12.5. The summed E-state index contributed by atoms with van der Waals surface area (Å²) in [6, 6.07) is 12.6. The monoisotopic (exact) mass is 473 g/mol. The minimum atomic E-state index is -0.361. The van der Waals surface area contributed by atoms with Crippen molar-refractivity contribution >= 4 is 5.97 Å². The number of carbonyl (C=O) groups excluding carboxylic acids is 1. The Bertz CT molecular complexity index is 819. The lowest BCUT2D eigenvalue weighted by Gasteiger charge is -2.32. The molecule has 1 saturated heterocycles. The van der Waals surface area contributed by atoms with Crippen LogP contribution in [0.4, 0.5) is 8.78 Å². The zero-order chi connectivity index (χ0) is 24.3. The molecular formula is C28H37F2NO3. The number of carbonyl (C=O) groups is 1. The van der Waals surface area contributed by atoms with Gasteiger partial charge in [-0.3, -0.25) is 4.79 Å². The zero-order valence-corrected chi connectivity index (χ0v) is 20.3. The van der Waals surface area contributed by atoms with Crippen LogP contribution in [0.2, 0.25) is 0 Å². The number of halogens is 2. The average Bonchev–Trinajstić information content (AvgIpc) is 2.84.